The highest BCUT2D eigenvalue weighted by Gasteiger charge is 2.28. The number of rotatable bonds is 6. The molecule has 0 amide bonds. The maximum absolute atomic E-state index is 4.51. The second-order valence-corrected chi connectivity index (χ2v) is 7.00. The molecule has 118 valence electrons. The number of imidazole rings is 1. The lowest BCUT2D eigenvalue weighted by Gasteiger charge is -2.16. The Labute approximate surface area is 139 Å². The van der Waals surface area contributed by atoms with Gasteiger partial charge < -0.3 is 9.47 Å². The van der Waals surface area contributed by atoms with Crippen molar-refractivity contribution in [3.63, 3.8) is 0 Å². The number of hydrogen-bond donors (Lipinski definition) is 0. The minimum Gasteiger partial charge on any atom is -0.342 e. The molecule has 4 rings (SSSR count). The Bertz CT molecular complexity index is 775. The van der Waals surface area contributed by atoms with E-state index in [0.717, 1.165) is 24.0 Å². The largest absolute Gasteiger partial charge is 0.342 e. The second-order valence-electron chi connectivity index (χ2n) is 6.01. The minimum absolute atomic E-state index is 0.662. The van der Waals surface area contributed by atoms with Crippen molar-refractivity contribution in [2.75, 3.05) is 11.9 Å². The molecular formula is C17H19N5S. The molecule has 1 aliphatic carbocycles. The first kappa shape index (κ1) is 14.4. The zero-order valence-corrected chi connectivity index (χ0v) is 13.9. The normalized spacial score (nSPS) is 14.1. The SMILES string of the molecule is CN(Cc1nccn1Cc1ccccc1)c1nnc(C2CC2)s1. The summed E-state index contributed by atoms with van der Waals surface area (Å²) in [5.74, 6) is 1.70. The van der Waals surface area contributed by atoms with Crippen LogP contribution in [0, 0.1) is 0 Å². The van der Waals surface area contributed by atoms with Gasteiger partial charge >= 0.3 is 0 Å². The fourth-order valence-electron chi connectivity index (χ4n) is 2.57. The van der Waals surface area contributed by atoms with Crippen molar-refractivity contribution < 1.29 is 0 Å². The second kappa shape index (κ2) is 6.12. The minimum atomic E-state index is 0.662. The van der Waals surface area contributed by atoms with Crippen LogP contribution in [0.3, 0.4) is 0 Å². The van der Waals surface area contributed by atoms with Gasteiger partial charge in [0, 0.05) is 31.9 Å². The Morgan fingerprint density at radius 1 is 1.22 bits per heavy atom. The van der Waals surface area contributed by atoms with E-state index in [1.165, 1.54) is 23.4 Å². The number of benzene rings is 1. The van der Waals surface area contributed by atoms with Crippen LogP contribution in [0.2, 0.25) is 0 Å². The molecule has 0 bridgehead atoms. The molecule has 0 saturated heterocycles. The summed E-state index contributed by atoms with van der Waals surface area (Å²) in [6.07, 6.45) is 6.42. The standard InChI is InChI=1S/C17H19N5S/c1-21(17-20-19-16(23-17)14-7-8-14)12-15-18-9-10-22(15)11-13-5-3-2-4-6-13/h2-6,9-10,14H,7-8,11-12H2,1H3. The highest BCUT2D eigenvalue weighted by atomic mass is 32.1. The molecule has 6 heteroatoms. The quantitative estimate of drug-likeness (QED) is 0.698. The molecule has 0 unspecified atom stereocenters. The fourth-order valence-corrected chi connectivity index (χ4v) is 3.54. The third kappa shape index (κ3) is 3.27. The Morgan fingerprint density at radius 3 is 2.83 bits per heavy atom. The zero-order valence-electron chi connectivity index (χ0n) is 13.1. The zero-order chi connectivity index (χ0) is 15.6. The monoisotopic (exact) mass is 325 g/mol. The molecule has 2 aromatic heterocycles. The van der Waals surface area contributed by atoms with Crippen molar-refractivity contribution in [3.8, 4) is 0 Å². The van der Waals surface area contributed by atoms with Crippen LogP contribution >= 0.6 is 11.3 Å². The van der Waals surface area contributed by atoms with Gasteiger partial charge in [0.25, 0.3) is 0 Å². The first-order valence-electron chi connectivity index (χ1n) is 7.88. The van der Waals surface area contributed by atoms with Crippen LogP contribution in [0.25, 0.3) is 0 Å². The van der Waals surface area contributed by atoms with Gasteiger partial charge in [0.1, 0.15) is 10.8 Å². The van der Waals surface area contributed by atoms with E-state index in [0.29, 0.717) is 5.92 Å². The molecule has 23 heavy (non-hydrogen) atoms. The summed E-state index contributed by atoms with van der Waals surface area (Å²) in [4.78, 5) is 6.64. The van der Waals surface area contributed by atoms with Gasteiger partial charge in [-0.25, -0.2) is 4.98 Å². The van der Waals surface area contributed by atoms with Crippen molar-refractivity contribution >= 4 is 16.5 Å². The maximum atomic E-state index is 4.51. The van der Waals surface area contributed by atoms with Gasteiger partial charge in [-0.2, -0.15) is 0 Å². The molecule has 1 aromatic carbocycles. The van der Waals surface area contributed by atoms with E-state index < -0.39 is 0 Å². The highest BCUT2D eigenvalue weighted by molar-refractivity contribution is 7.15. The number of anilines is 1. The van der Waals surface area contributed by atoms with Crippen molar-refractivity contribution in [1.82, 2.24) is 19.7 Å². The predicted octanol–water partition coefficient (Wildman–Crippen LogP) is 3.30. The fraction of sp³-hybridized carbons (Fsp3) is 0.353. The summed E-state index contributed by atoms with van der Waals surface area (Å²) in [5.41, 5.74) is 1.28. The smallest absolute Gasteiger partial charge is 0.208 e. The van der Waals surface area contributed by atoms with E-state index >= 15 is 0 Å². The van der Waals surface area contributed by atoms with Crippen LogP contribution in [0.5, 0.6) is 0 Å². The van der Waals surface area contributed by atoms with Gasteiger partial charge in [0.15, 0.2) is 0 Å². The molecule has 0 aliphatic heterocycles. The summed E-state index contributed by atoms with van der Waals surface area (Å²) in [6, 6.07) is 10.5. The van der Waals surface area contributed by atoms with Gasteiger partial charge in [-0.15, -0.1) is 10.2 Å². The average molecular weight is 325 g/mol. The summed E-state index contributed by atoms with van der Waals surface area (Å²) in [7, 11) is 2.05. The summed E-state index contributed by atoms with van der Waals surface area (Å²) < 4.78 is 2.19. The van der Waals surface area contributed by atoms with Crippen LogP contribution in [0.4, 0.5) is 5.13 Å². The molecule has 0 atom stereocenters. The van der Waals surface area contributed by atoms with Crippen LogP contribution in [-0.2, 0) is 13.1 Å². The maximum Gasteiger partial charge on any atom is 0.208 e. The topological polar surface area (TPSA) is 46.8 Å². The summed E-state index contributed by atoms with van der Waals surface area (Å²) >= 11 is 1.71. The average Bonchev–Trinajstić information content (AvgIpc) is 3.14. The van der Waals surface area contributed by atoms with Crippen molar-refractivity contribution in [2.24, 2.45) is 0 Å². The third-order valence-electron chi connectivity index (χ3n) is 4.06. The van der Waals surface area contributed by atoms with Crippen LogP contribution < -0.4 is 4.90 Å². The third-order valence-corrected chi connectivity index (χ3v) is 5.26. The predicted molar refractivity (Wildman–Crippen MR) is 91.8 cm³/mol. The van der Waals surface area contributed by atoms with Crippen LogP contribution in [0.15, 0.2) is 42.7 Å². The lowest BCUT2D eigenvalue weighted by molar-refractivity contribution is 0.705. The Balaban J connectivity index is 1.46. The van der Waals surface area contributed by atoms with Crippen molar-refractivity contribution in [3.05, 3.63) is 59.1 Å². The van der Waals surface area contributed by atoms with Crippen LogP contribution in [0.1, 0.15) is 35.2 Å². The van der Waals surface area contributed by atoms with E-state index in [9.17, 15) is 0 Å². The summed E-state index contributed by atoms with van der Waals surface area (Å²) in [6.45, 7) is 1.58. The number of aromatic nitrogens is 4. The molecular weight excluding hydrogens is 306 g/mol. The van der Waals surface area contributed by atoms with Gasteiger partial charge in [-0.05, 0) is 18.4 Å². The number of hydrogen-bond acceptors (Lipinski definition) is 5. The van der Waals surface area contributed by atoms with Gasteiger partial charge in [0.05, 0.1) is 6.54 Å². The lowest BCUT2D eigenvalue weighted by atomic mass is 10.2. The van der Waals surface area contributed by atoms with E-state index in [4.69, 9.17) is 0 Å². The Morgan fingerprint density at radius 2 is 2.04 bits per heavy atom. The lowest BCUT2D eigenvalue weighted by Crippen LogP contribution is -2.19. The molecule has 0 radical (unpaired) electrons. The highest BCUT2D eigenvalue weighted by Crippen LogP contribution is 2.42. The Hall–Kier alpha value is -2.21. The Kier molecular flexibility index (Phi) is 3.83. The molecule has 1 fully saturated rings. The first-order chi connectivity index (χ1) is 11.3. The van der Waals surface area contributed by atoms with E-state index in [1.807, 2.05) is 18.5 Å². The van der Waals surface area contributed by atoms with Gasteiger partial charge in [0.2, 0.25) is 5.13 Å². The first-order valence-corrected chi connectivity index (χ1v) is 8.70. The van der Waals surface area contributed by atoms with Crippen molar-refractivity contribution in [2.45, 2.75) is 31.8 Å². The molecule has 5 nitrogen and oxygen atoms in total. The molecule has 0 N–H and O–H groups in total. The summed E-state index contributed by atoms with van der Waals surface area (Å²) in [5, 5.41) is 10.8. The van der Waals surface area contributed by atoms with Crippen LogP contribution in [-0.4, -0.2) is 26.8 Å². The molecule has 3 aromatic rings. The van der Waals surface area contributed by atoms with Crippen molar-refractivity contribution in [1.29, 1.82) is 0 Å². The van der Waals surface area contributed by atoms with Gasteiger partial charge in [-0.1, -0.05) is 41.7 Å². The van der Waals surface area contributed by atoms with E-state index in [-0.39, 0.29) is 0 Å². The molecule has 2 heterocycles. The molecule has 1 aliphatic rings. The van der Waals surface area contributed by atoms with E-state index in [1.54, 1.807) is 11.3 Å². The molecule has 0 spiro atoms. The number of nitrogens with zero attached hydrogens (tertiary/aromatic N) is 5. The molecule has 1 saturated carbocycles. The van der Waals surface area contributed by atoms with Gasteiger partial charge in [-0.3, -0.25) is 0 Å². The van der Waals surface area contributed by atoms with E-state index in [2.05, 4.69) is 56.0 Å².